The Hall–Kier alpha value is -0.360. The maximum atomic E-state index is 11.2. The summed E-state index contributed by atoms with van der Waals surface area (Å²) in [6.07, 6.45) is 0. The molecule has 0 radical (unpaired) electrons. The summed E-state index contributed by atoms with van der Waals surface area (Å²) in [6.45, 7) is 2.10. The molecule has 0 aliphatic heterocycles. The fourth-order valence-corrected chi connectivity index (χ4v) is 2.05. The van der Waals surface area contributed by atoms with E-state index in [9.17, 15) is 4.79 Å². The number of halogens is 2. The van der Waals surface area contributed by atoms with Gasteiger partial charge >= 0.3 is 5.97 Å². The van der Waals surface area contributed by atoms with E-state index in [0.29, 0.717) is 16.4 Å². The van der Waals surface area contributed by atoms with Crippen LogP contribution in [-0.2, 0) is 10.1 Å². The van der Waals surface area contributed by atoms with Crippen molar-refractivity contribution in [1.29, 1.82) is 0 Å². The van der Waals surface area contributed by atoms with Crippen LogP contribution < -0.4 is 0 Å². The molecule has 0 bridgehead atoms. The highest BCUT2D eigenvalue weighted by molar-refractivity contribution is 9.10. The largest absolute Gasteiger partial charge is 0.461 e. The summed E-state index contributed by atoms with van der Waals surface area (Å²) in [6, 6.07) is 0. The number of hydrogen-bond donors (Lipinski definition) is 1. The number of esters is 1. The fourth-order valence-electron chi connectivity index (χ4n) is 0.788. The number of aromatic amines is 1. The van der Waals surface area contributed by atoms with Crippen molar-refractivity contribution in [2.45, 2.75) is 12.3 Å². The van der Waals surface area contributed by atoms with Crippen molar-refractivity contribution in [2.24, 2.45) is 0 Å². The van der Waals surface area contributed by atoms with E-state index in [4.69, 9.17) is 4.74 Å². The number of alkyl halides is 1. The lowest BCUT2D eigenvalue weighted by molar-refractivity contribution is 0.0518. The van der Waals surface area contributed by atoms with Crippen LogP contribution in [0.2, 0.25) is 0 Å². The van der Waals surface area contributed by atoms with Gasteiger partial charge in [0.2, 0.25) is 0 Å². The zero-order chi connectivity index (χ0) is 9.84. The maximum absolute atomic E-state index is 11.2. The number of nitrogens with one attached hydrogen (secondary N) is 1. The lowest BCUT2D eigenvalue weighted by atomic mass is 10.4. The molecule has 0 aliphatic rings. The SMILES string of the molecule is CCOC(=O)c1n[nH]c(CBr)c1Br. The quantitative estimate of drug-likeness (QED) is 0.688. The number of rotatable bonds is 3. The molecule has 0 saturated carbocycles. The van der Waals surface area contributed by atoms with E-state index in [1.54, 1.807) is 6.92 Å². The average molecular weight is 312 g/mol. The molecular weight excluding hydrogens is 304 g/mol. The number of aromatic nitrogens is 2. The Morgan fingerprint density at radius 1 is 1.69 bits per heavy atom. The van der Waals surface area contributed by atoms with Crippen LogP contribution in [0.15, 0.2) is 4.47 Å². The Kier molecular flexibility index (Phi) is 3.92. The van der Waals surface area contributed by atoms with Crippen molar-refractivity contribution < 1.29 is 9.53 Å². The summed E-state index contributed by atoms with van der Waals surface area (Å²) in [5.41, 5.74) is 1.11. The molecule has 0 amide bonds. The summed E-state index contributed by atoms with van der Waals surface area (Å²) < 4.78 is 5.46. The highest BCUT2D eigenvalue weighted by Crippen LogP contribution is 2.21. The van der Waals surface area contributed by atoms with Gasteiger partial charge in [-0.1, -0.05) is 15.9 Å². The molecule has 1 rings (SSSR count). The van der Waals surface area contributed by atoms with Gasteiger partial charge in [0.05, 0.1) is 16.8 Å². The van der Waals surface area contributed by atoms with Crippen molar-refractivity contribution in [3.8, 4) is 0 Å². The zero-order valence-electron chi connectivity index (χ0n) is 6.93. The number of H-pyrrole nitrogens is 1. The third-order valence-corrected chi connectivity index (χ3v) is 2.79. The first-order valence-corrected chi connectivity index (χ1v) is 5.58. The van der Waals surface area contributed by atoms with Crippen molar-refractivity contribution in [3.05, 3.63) is 15.9 Å². The Morgan fingerprint density at radius 2 is 2.38 bits per heavy atom. The lowest BCUT2D eigenvalue weighted by Crippen LogP contribution is -2.05. The molecule has 1 aromatic heterocycles. The maximum Gasteiger partial charge on any atom is 0.360 e. The average Bonchev–Trinajstić information content (AvgIpc) is 2.47. The van der Waals surface area contributed by atoms with Gasteiger partial charge in [-0.15, -0.1) is 0 Å². The highest BCUT2D eigenvalue weighted by Gasteiger charge is 2.17. The minimum Gasteiger partial charge on any atom is -0.461 e. The predicted molar refractivity (Wildman–Crippen MR) is 54.9 cm³/mol. The third kappa shape index (κ3) is 2.31. The molecule has 0 fully saturated rings. The Morgan fingerprint density at radius 3 is 2.85 bits per heavy atom. The summed E-state index contributed by atoms with van der Waals surface area (Å²) in [7, 11) is 0. The van der Waals surface area contributed by atoms with Crippen LogP contribution in [-0.4, -0.2) is 22.8 Å². The van der Waals surface area contributed by atoms with Gasteiger partial charge in [-0.05, 0) is 22.9 Å². The van der Waals surface area contributed by atoms with Gasteiger partial charge in [0, 0.05) is 5.33 Å². The van der Waals surface area contributed by atoms with E-state index >= 15 is 0 Å². The minimum atomic E-state index is -0.419. The number of carbonyl (C=O) groups excluding carboxylic acids is 1. The van der Waals surface area contributed by atoms with E-state index in [-0.39, 0.29) is 5.69 Å². The molecule has 0 saturated heterocycles. The number of carbonyl (C=O) groups is 1. The normalized spacial score (nSPS) is 10.1. The van der Waals surface area contributed by atoms with E-state index in [0.717, 1.165) is 5.69 Å². The van der Waals surface area contributed by atoms with Crippen LogP contribution in [0.5, 0.6) is 0 Å². The summed E-state index contributed by atoms with van der Waals surface area (Å²) >= 11 is 6.51. The fraction of sp³-hybridized carbons (Fsp3) is 0.429. The van der Waals surface area contributed by atoms with Gasteiger partial charge in [0.1, 0.15) is 0 Å². The van der Waals surface area contributed by atoms with Gasteiger partial charge in [0.15, 0.2) is 5.69 Å². The van der Waals surface area contributed by atoms with Gasteiger partial charge in [-0.2, -0.15) is 5.10 Å². The molecule has 6 heteroatoms. The van der Waals surface area contributed by atoms with Crippen LogP contribution in [0.25, 0.3) is 0 Å². The van der Waals surface area contributed by atoms with Crippen LogP contribution in [0.4, 0.5) is 0 Å². The van der Waals surface area contributed by atoms with E-state index < -0.39 is 5.97 Å². The second-order valence-electron chi connectivity index (χ2n) is 2.22. The summed E-state index contributed by atoms with van der Waals surface area (Å²) in [5.74, 6) is -0.419. The van der Waals surface area contributed by atoms with Crippen LogP contribution in [0, 0.1) is 0 Å². The molecule has 1 heterocycles. The molecule has 0 aromatic carbocycles. The Bertz CT molecular complexity index is 311. The summed E-state index contributed by atoms with van der Waals surface area (Å²) in [4.78, 5) is 11.2. The molecule has 13 heavy (non-hydrogen) atoms. The zero-order valence-corrected chi connectivity index (χ0v) is 10.1. The topological polar surface area (TPSA) is 55.0 Å². The minimum absolute atomic E-state index is 0.288. The Balaban J connectivity index is 2.89. The molecule has 0 spiro atoms. The molecule has 4 nitrogen and oxygen atoms in total. The molecule has 0 atom stereocenters. The van der Waals surface area contributed by atoms with E-state index in [1.165, 1.54) is 0 Å². The second-order valence-corrected chi connectivity index (χ2v) is 3.57. The number of nitrogens with zero attached hydrogens (tertiary/aromatic N) is 1. The van der Waals surface area contributed by atoms with Crippen LogP contribution in [0.1, 0.15) is 23.1 Å². The van der Waals surface area contributed by atoms with E-state index in [2.05, 4.69) is 42.1 Å². The third-order valence-electron chi connectivity index (χ3n) is 1.38. The molecular formula is C7H8Br2N2O2. The first kappa shape index (κ1) is 10.7. The Labute approximate surface area is 92.3 Å². The van der Waals surface area contributed by atoms with Crippen molar-refractivity contribution in [2.75, 3.05) is 6.61 Å². The van der Waals surface area contributed by atoms with Crippen molar-refractivity contribution in [1.82, 2.24) is 10.2 Å². The first-order chi connectivity index (χ1) is 6.20. The van der Waals surface area contributed by atoms with Gasteiger partial charge in [-0.25, -0.2) is 4.79 Å². The van der Waals surface area contributed by atoms with Gasteiger partial charge in [-0.3, -0.25) is 5.10 Å². The molecule has 0 unspecified atom stereocenters. The molecule has 72 valence electrons. The van der Waals surface area contributed by atoms with Crippen molar-refractivity contribution >= 4 is 37.8 Å². The second kappa shape index (κ2) is 4.76. The van der Waals surface area contributed by atoms with Gasteiger partial charge < -0.3 is 4.74 Å². The lowest BCUT2D eigenvalue weighted by Gasteiger charge is -1.97. The van der Waals surface area contributed by atoms with Gasteiger partial charge in [0.25, 0.3) is 0 Å². The standard InChI is InChI=1S/C7H8Br2N2O2/c1-2-13-7(12)6-5(9)4(3-8)10-11-6/h2-3H2,1H3,(H,10,11). The summed E-state index contributed by atoms with van der Waals surface area (Å²) in [5, 5.41) is 7.16. The van der Waals surface area contributed by atoms with Crippen LogP contribution in [0.3, 0.4) is 0 Å². The first-order valence-electron chi connectivity index (χ1n) is 3.66. The molecule has 0 aliphatic carbocycles. The van der Waals surface area contributed by atoms with Crippen LogP contribution >= 0.6 is 31.9 Å². The van der Waals surface area contributed by atoms with Crippen molar-refractivity contribution in [3.63, 3.8) is 0 Å². The highest BCUT2D eigenvalue weighted by atomic mass is 79.9. The predicted octanol–water partition coefficient (Wildman–Crippen LogP) is 2.24. The number of hydrogen-bond acceptors (Lipinski definition) is 3. The van der Waals surface area contributed by atoms with E-state index in [1.807, 2.05) is 0 Å². The molecule has 1 N–H and O–H groups in total. The monoisotopic (exact) mass is 310 g/mol. The smallest absolute Gasteiger partial charge is 0.360 e. The number of ether oxygens (including phenoxy) is 1. The molecule has 1 aromatic rings.